The number of rotatable bonds is 8. The molecule has 1 fully saturated rings. The molecule has 1 aliphatic rings. The van der Waals surface area contributed by atoms with E-state index in [1.807, 2.05) is 22.7 Å². The molecular weight excluding hydrogens is 334 g/mol. The van der Waals surface area contributed by atoms with Crippen LogP contribution in [-0.4, -0.2) is 71.4 Å². The average molecular weight is 365 g/mol. The molecule has 0 saturated carbocycles. The summed E-state index contributed by atoms with van der Waals surface area (Å²) in [4.78, 5) is 27.8. The van der Waals surface area contributed by atoms with Crippen molar-refractivity contribution in [2.75, 3.05) is 39.9 Å². The molecule has 1 aromatic heterocycles. The van der Waals surface area contributed by atoms with Crippen LogP contribution in [0.3, 0.4) is 0 Å². The van der Waals surface area contributed by atoms with Gasteiger partial charge in [0, 0.05) is 58.5 Å². The van der Waals surface area contributed by atoms with Gasteiger partial charge in [0.15, 0.2) is 0 Å². The maximum absolute atomic E-state index is 12.6. The molecule has 26 heavy (non-hydrogen) atoms. The number of carbonyl (C=O) groups excluding carboxylic acids is 2. The third-order valence-electron chi connectivity index (χ3n) is 4.74. The highest BCUT2D eigenvalue weighted by atomic mass is 16.5. The van der Waals surface area contributed by atoms with Crippen molar-refractivity contribution < 1.29 is 14.3 Å². The zero-order valence-corrected chi connectivity index (χ0v) is 16.1. The molecule has 1 aliphatic heterocycles. The summed E-state index contributed by atoms with van der Waals surface area (Å²) in [5.41, 5.74) is 0.999. The summed E-state index contributed by atoms with van der Waals surface area (Å²) in [5, 5.41) is 7.29. The molecule has 0 spiro atoms. The van der Waals surface area contributed by atoms with Crippen LogP contribution >= 0.6 is 0 Å². The van der Waals surface area contributed by atoms with Gasteiger partial charge in [-0.1, -0.05) is 0 Å². The van der Waals surface area contributed by atoms with Crippen LogP contribution in [0.15, 0.2) is 12.4 Å². The van der Waals surface area contributed by atoms with Gasteiger partial charge in [-0.05, 0) is 25.7 Å². The lowest BCUT2D eigenvalue weighted by Gasteiger charge is -2.32. The van der Waals surface area contributed by atoms with E-state index >= 15 is 0 Å². The summed E-state index contributed by atoms with van der Waals surface area (Å²) >= 11 is 0. The number of likely N-dealkylation sites (tertiary alicyclic amines) is 1. The van der Waals surface area contributed by atoms with Crippen LogP contribution < -0.4 is 5.32 Å². The molecule has 1 N–H and O–H groups in total. The van der Waals surface area contributed by atoms with Crippen LogP contribution in [-0.2, 0) is 22.6 Å². The van der Waals surface area contributed by atoms with Crippen molar-refractivity contribution in [1.82, 2.24) is 24.9 Å². The van der Waals surface area contributed by atoms with E-state index in [9.17, 15) is 9.59 Å². The van der Waals surface area contributed by atoms with E-state index in [1.54, 1.807) is 25.1 Å². The van der Waals surface area contributed by atoms with Gasteiger partial charge in [0.2, 0.25) is 5.91 Å². The summed E-state index contributed by atoms with van der Waals surface area (Å²) in [6.07, 6.45) is 5.77. The first-order valence-electron chi connectivity index (χ1n) is 9.32. The van der Waals surface area contributed by atoms with E-state index in [0.717, 1.165) is 38.0 Å². The fourth-order valence-corrected chi connectivity index (χ4v) is 3.20. The van der Waals surface area contributed by atoms with Crippen molar-refractivity contribution in [2.45, 2.75) is 39.8 Å². The Hall–Kier alpha value is -2.09. The Morgan fingerprint density at radius 1 is 1.46 bits per heavy atom. The number of carbonyl (C=O) groups is 2. The first-order valence-corrected chi connectivity index (χ1v) is 9.32. The Kier molecular flexibility index (Phi) is 7.90. The number of methoxy groups -OCH3 is 1. The topological polar surface area (TPSA) is 79.7 Å². The van der Waals surface area contributed by atoms with Crippen LogP contribution in [0.25, 0.3) is 0 Å². The summed E-state index contributed by atoms with van der Waals surface area (Å²) < 4.78 is 6.98. The second kappa shape index (κ2) is 10.2. The van der Waals surface area contributed by atoms with Gasteiger partial charge in [-0.25, -0.2) is 4.79 Å². The molecule has 146 valence electrons. The molecule has 0 radical (unpaired) electrons. The number of nitrogens with zero attached hydrogens (tertiary/aromatic N) is 4. The zero-order chi connectivity index (χ0) is 18.9. The van der Waals surface area contributed by atoms with Gasteiger partial charge in [0.25, 0.3) is 0 Å². The second-order valence-corrected chi connectivity index (χ2v) is 6.78. The van der Waals surface area contributed by atoms with Crippen molar-refractivity contribution in [2.24, 2.45) is 5.92 Å². The number of aromatic nitrogens is 2. The third kappa shape index (κ3) is 6.01. The number of amides is 3. The standard InChI is InChI=1S/C18H31N5O3/c1-4-23-14-17(11-20-23)13-22(8-9-26-3)18(25)19-10-16-6-5-7-21(12-16)15(2)24/h11,14,16H,4-10,12-13H2,1-3H3,(H,19,25). The van der Waals surface area contributed by atoms with E-state index in [2.05, 4.69) is 10.4 Å². The quantitative estimate of drug-likeness (QED) is 0.753. The fourth-order valence-electron chi connectivity index (χ4n) is 3.20. The van der Waals surface area contributed by atoms with Gasteiger partial charge < -0.3 is 19.9 Å². The van der Waals surface area contributed by atoms with E-state index in [4.69, 9.17) is 4.74 Å². The first kappa shape index (κ1) is 20.2. The Bertz CT molecular complexity index is 589. The highest BCUT2D eigenvalue weighted by molar-refractivity contribution is 5.74. The monoisotopic (exact) mass is 365 g/mol. The minimum absolute atomic E-state index is 0.105. The van der Waals surface area contributed by atoms with Gasteiger partial charge in [-0.15, -0.1) is 0 Å². The van der Waals surface area contributed by atoms with Crippen molar-refractivity contribution >= 4 is 11.9 Å². The van der Waals surface area contributed by atoms with Crippen LogP contribution in [0.2, 0.25) is 0 Å². The SMILES string of the molecule is CCn1cc(CN(CCOC)C(=O)NCC2CCCN(C(C)=O)C2)cn1. The molecule has 0 aliphatic carbocycles. The zero-order valence-electron chi connectivity index (χ0n) is 16.1. The summed E-state index contributed by atoms with van der Waals surface area (Å²) in [6, 6.07) is -0.105. The Balaban J connectivity index is 1.88. The molecule has 0 aromatic carbocycles. The average Bonchev–Trinajstić information content (AvgIpc) is 3.11. The number of hydrogen-bond acceptors (Lipinski definition) is 4. The second-order valence-electron chi connectivity index (χ2n) is 6.78. The number of ether oxygens (including phenoxy) is 1. The minimum Gasteiger partial charge on any atom is -0.383 e. The number of aryl methyl sites for hydroxylation is 1. The molecule has 2 heterocycles. The molecule has 8 nitrogen and oxygen atoms in total. The van der Waals surface area contributed by atoms with Crippen LogP contribution in [0, 0.1) is 5.92 Å². The van der Waals surface area contributed by atoms with Crippen molar-refractivity contribution in [3.63, 3.8) is 0 Å². The molecule has 8 heteroatoms. The van der Waals surface area contributed by atoms with Crippen molar-refractivity contribution in [3.8, 4) is 0 Å². The first-order chi connectivity index (χ1) is 12.5. The van der Waals surface area contributed by atoms with E-state index in [1.165, 1.54) is 0 Å². The molecule has 1 atom stereocenters. The largest absolute Gasteiger partial charge is 0.383 e. The van der Waals surface area contributed by atoms with Gasteiger partial charge in [0.1, 0.15) is 0 Å². The number of piperidine rings is 1. The molecule has 1 unspecified atom stereocenters. The van der Waals surface area contributed by atoms with Crippen LogP contribution in [0.5, 0.6) is 0 Å². The summed E-state index contributed by atoms with van der Waals surface area (Å²) in [5.74, 6) is 0.416. The van der Waals surface area contributed by atoms with Crippen molar-refractivity contribution in [3.05, 3.63) is 18.0 Å². The number of nitrogens with one attached hydrogen (secondary N) is 1. The Morgan fingerprint density at radius 3 is 2.92 bits per heavy atom. The number of hydrogen-bond donors (Lipinski definition) is 1. The maximum Gasteiger partial charge on any atom is 0.317 e. The predicted molar refractivity (Wildman–Crippen MR) is 98.6 cm³/mol. The van der Waals surface area contributed by atoms with Crippen LogP contribution in [0.1, 0.15) is 32.3 Å². The predicted octanol–water partition coefficient (Wildman–Crippen LogP) is 1.32. The molecular formula is C18H31N5O3. The Morgan fingerprint density at radius 2 is 2.27 bits per heavy atom. The molecule has 0 bridgehead atoms. The Labute approximate surface area is 155 Å². The number of urea groups is 1. The van der Waals surface area contributed by atoms with Gasteiger partial charge in [-0.3, -0.25) is 9.48 Å². The third-order valence-corrected chi connectivity index (χ3v) is 4.74. The smallest absolute Gasteiger partial charge is 0.317 e. The van der Waals surface area contributed by atoms with E-state index in [0.29, 0.717) is 32.2 Å². The molecule has 3 amide bonds. The summed E-state index contributed by atoms with van der Waals surface area (Å²) in [7, 11) is 1.63. The lowest BCUT2D eigenvalue weighted by atomic mass is 9.98. The van der Waals surface area contributed by atoms with E-state index in [-0.39, 0.29) is 11.9 Å². The highest BCUT2D eigenvalue weighted by Gasteiger charge is 2.23. The minimum atomic E-state index is -0.105. The highest BCUT2D eigenvalue weighted by Crippen LogP contribution is 2.16. The summed E-state index contributed by atoms with van der Waals surface area (Å²) in [6.45, 7) is 8.06. The van der Waals surface area contributed by atoms with Crippen LogP contribution in [0.4, 0.5) is 4.79 Å². The molecule has 1 aromatic rings. The fraction of sp³-hybridized carbons (Fsp3) is 0.722. The van der Waals surface area contributed by atoms with Gasteiger partial charge in [0.05, 0.1) is 19.3 Å². The van der Waals surface area contributed by atoms with Gasteiger partial charge in [-0.2, -0.15) is 5.10 Å². The lowest BCUT2D eigenvalue weighted by molar-refractivity contribution is -0.130. The van der Waals surface area contributed by atoms with E-state index < -0.39 is 0 Å². The molecule has 2 rings (SSSR count). The normalized spacial score (nSPS) is 17.2. The van der Waals surface area contributed by atoms with Crippen molar-refractivity contribution in [1.29, 1.82) is 0 Å². The maximum atomic E-state index is 12.6. The lowest BCUT2D eigenvalue weighted by Crippen LogP contribution is -2.46. The van der Waals surface area contributed by atoms with Gasteiger partial charge >= 0.3 is 6.03 Å². The molecule has 1 saturated heterocycles.